The average Bonchev–Trinajstić information content (AvgIpc) is 2.92. The number of nitrogens with one attached hydrogen (secondary N) is 1. The Hall–Kier alpha value is -1.75. The summed E-state index contributed by atoms with van der Waals surface area (Å²) in [4.78, 5) is 11.0. The van der Waals surface area contributed by atoms with Crippen LogP contribution >= 0.6 is 11.6 Å². The van der Waals surface area contributed by atoms with E-state index in [4.69, 9.17) is 11.6 Å². The number of guanidine groups is 1. The van der Waals surface area contributed by atoms with Gasteiger partial charge in [-0.2, -0.15) is 0 Å². The lowest BCUT2D eigenvalue weighted by atomic mass is 10.5. The molecule has 1 N–H and O–H groups in total. The summed E-state index contributed by atoms with van der Waals surface area (Å²) in [7, 11) is 2.03. The first-order chi connectivity index (χ1) is 8.72. The molecule has 0 fully saturated rings. The van der Waals surface area contributed by atoms with Crippen molar-refractivity contribution in [1.29, 1.82) is 0 Å². The van der Waals surface area contributed by atoms with Crippen LogP contribution in [-0.4, -0.2) is 40.4 Å². The second kappa shape index (κ2) is 4.49. The Kier molecular flexibility index (Phi) is 2.83. The van der Waals surface area contributed by atoms with Crippen molar-refractivity contribution >= 4 is 23.2 Å². The quantitative estimate of drug-likeness (QED) is 0.890. The van der Waals surface area contributed by atoms with Crippen LogP contribution in [0.3, 0.4) is 0 Å². The fourth-order valence-corrected chi connectivity index (χ4v) is 2.16. The van der Waals surface area contributed by atoms with E-state index in [-0.39, 0.29) is 0 Å². The summed E-state index contributed by atoms with van der Waals surface area (Å²) < 4.78 is 1.93. The van der Waals surface area contributed by atoms with E-state index in [1.165, 1.54) is 0 Å². The number of hydrogen-bond donors (Lipinski definition) is 1. The summed E-state index contributed by atoms with van der Waals surface area (Å²) in [5, 5.41) is 4.00. The van der Waals surface area contributed by atoms with Crippen LogP contribution in [0.25, 0.3) is 5.65 Å². The number of fused-ring (bicyclic) bond motifs is 1. The van der Waals surface area contributed by atoms with E-state index in [1.54, 1.807) is 0 Å². The van der Waals surface area contributed by atoms with Gasteiger partial charge in [0, 0.05) is 26.0 Å². The maximum Gasteiger partial charge on any atom is 0.194 e. The summed E-state index contributed by atoms with van der Waals surface area (Å²) >= 11 is 5.94. The van der Waals surface area contributed by atoms with Gasteiger partial charge >= 0.3 is 0 Å². The van der Waals surface area contributed by atoms with Gasteiger partial charge in [-0.3, -0.25) is 4.99 Å². The summed E-state index contributed by atoms with van der Waals surface area (Å²) in [6.45, 7) is 2.51. The first-order valence-electron chi connectivity index (χ1n) is 5.85. The van der Waals surface area contributed by atoms with Crippen LogP contribution in [0.5, 0.6) is 0 Å². The summed E-state index contributed by atoms with van der Waals surface area (Å²) in [5.74, 6) is 0.935. The van der Waals surface area contributed by atoms with Crippen LogP contribution in [-0.2, 0) is 6.54 Å². The van der Waals surface area contributed by atoms with Crippen LogP contribution in [0.15, 0.2) is 29.5 Å². The number of rotatable bonds is 2. The molecule has 1 aliphatic heterocycles. The van der Waals surface area contributed by atoms with Crippen LogP contribution in [0.1, 0.15) is 5.69 Å². The molecule has 0 radical (unpaired) electrons. The van der Waals surface area contributed by atoms with Crippen molar-refractivity contribution in [2.45, 2.75) is 6.54 Å². The molecular weight excluding hydrogens is 250 g/mol. The third kappa shape index (κ3) is 2.13. The van der Waals surface area contributed by atoms with E-state index >= 15 is 0 Å². The first-order valence-corrected chi connectivity index (χ1v) is 6.23. The molecule has 3 rings (SSSR count). The molecule has 0 bridgehead atoms. The minimum Gasteiger partial charge on any atom is -0.351 e. The van der Waals surface area contributed by atoms with Crippen molar-refractivity contribution in [3.63, 3.8) is 0 Å². The Morgan fingerprint density at radius 3 is 3.06 bits per heavy atom. The molecule has 94 valence electrons. The molecule has 2 aromatic heterocycles. The third-order valence-electron chi connectivity index (χ3n) is 2.95. The maximum absolute atomic E-state index is 5.94. The minimum absolute atomic E-state index is 0.669. The van der Waals surface area contributed by atoms with Crippen molar-refractivity contribution in [2.24, 2.45) is 4.99 Å². The lowest BCUT2D eigenvalue weighted by Gasteiger charge is -2.14. The van der Waals surface area contributed by atoms with E-state index in [2.05, 4.69) is 20.2 Å². The first kappa shape index (κ1) is 11.3. The zero-order chi connectivity index (χ0) is 12.5. The maximum atomic E-state index is 5.94. The zero-order valence-corrected chi connectivity index (χ0v) is 10.9. The fraction of sp³-hybridized carbons (Fsp3) is 0.333. The van der Waals surface area contributed by atoms with E-state index < -0.39 is 0 Å². The Labute approximate surface area is 110 Å². The molecule has 0 atom stereocenters. The molecule has 0 saturated carbocycles. The topological polar surface area (TPSA) is 44.9 Å². The molecule has 2 aromatic rings. The number of halogens is 1. The van der Waals surface area contributed by atoms with Gasteiger partial charge in [0.1, 0.15) is 5.65 Å². The van der Waals surface area contributed by atoms with Crippen LogP contribution < -0.4 is 5.32 Å². The van der Waals surface area contributed by atoms with E-state index in [1.807, 2.05) is 36.0 Å². The molecular formula is C12H14ClN5. The van der Waals surface area contributed by atoms with Gasteiger partial charge < -0.3 is 14.6 Å². The highest BCUT2D eigenvalue weighted by atomic mass is 35.5. The highest BCUT2D eigenvalue weighted by Gasteiger charge is 2.12. The Balaban J connectivity index is 1.75. The molecule has 0 saturated heterocycles. The molecule has 6 heteroatoms. The zero-order valence-electron chi connectivity index (χ0n) is 10.1. The van der Waals surface area contributed by atoms with Crippen molar-refractivity contribution in [3.05, 3.63) is 35.2 Å². The van der Waals surface area contributed by atoms with Gasteiger partial charge in [-0.05, 0) is 12.1 Å². The lowest BCUT2D eigenvalue weighted by Crippen LogP contribution is -2.35. The van der Waals surface area contributed by atoms with Crippen LogP contribution in [0.4, 0.5) is 0 Å². The number of aliphatic imine (C=N–C) groups is 1. The van der Waals surface area contributed by atoms with Crippen LogP contribution in [0.2, 0.25) is 5.02 Å². The second-order valence-corrected chi connectivity index (χ2v) is 4.76. The predicted molar refractivity (Wildman–Crippen MR) is 72.0 cm³/mol. The molecule has 3 heterocycles. The van der Waals surface area contributed by atoms with Crippen molar-refractivity contribution < 1.29 is 0 Å². The van der Waals surface area contributed by atoms with Crippen molar-refractivity contribution in [2.75, 3.05) is 20.1 Å². The molecule has 1 aliphatic rings. The monoisotopic (exact) mass is 263 g/mol. The van der Waals surface area contributed by atoms with E-state index in [9.17, 15) is 0 Å². The smallest absolute Gasteiger partial charge is 0.194 e. The molecule has 5 nitrogen and oxygen atoms in total. The highest BCUT2D eigenvalue weighted by Crippen LogP contribution is 2.11. The van der Waals surface area contributed by atoms with Gasteiger partial charge in [0.2, 0.25) is 0 Å². The van der Waals surface area contributed by atoms with E-state index in [0.29, 0.717) is 11.6 Å². The fourth-order valence-electron chi connectivity index (χ4n) is 2.00. The van der Waals surface area contributed by atoms with Gasteiger partial charge in [-0.15, -0.1) is 0 Å². The van der Waals surface area contributed by atoms with Gasteiger partial charge in [-0.25, -0.2) is 4.98 Å². The highest BCUT2D eigenvalue weighted by molar-refractivity contribution is 6.30. The molecule has 0 aromatic carbocycles. The minimum atomic E-state index is 0.669. The normalized spacial score (nSPS) is 15.2. The number of nitrogens with zero attached hydrogens (tertiary/aromatic N) is 4. The standard InChI is InChI=1S/C12H14ClN5/c1-17-5-4-14-12(17)15-6-10-8-18-7-9(13)2-3-11(18)16-10/h2-3,7-8H,4-6H2,1H3,(H,14,15). The predicted octanol–water partition coefficient (Wildman–Crippen LogP) is 1.38. The van der Waals surface area contributed by atoms with Crippen molar-refractivity contribution in [1.82, 2.24) is 19.6 Å². The number of likely N-dealkylation sites (N-methyl/N-ethyl adjacent to an activating group) is 1. The Morgan fingerprint density at radius 1 is 1.39 bits per heavy atom. The van der Waals surface area contributed by atoms with Gasteiger partial charge in [0.05, 0.1) is 23.8 Å². The van der Waals surface area contributed by atoms with Gasteiger partial charge in [0.25, 0.3) is 0 Å². The SMILES string of the molecule is CN1CCN=C1NCc1cn2cc(Cl)ccc2n1. The van der Waals surface area contributed by atoms with Gasteiger partial charge in [-0.1, -0.05) is 11.6 Å². The lowest BCUT2D eigenvalue weighted by molar-refractivity contribution is 0.533. The van der Waals surface area contributed by atoms with Gasteiger partial charge in [0.15, 0.2) is 5.96 Å². The molecule has 0 aliphatic carbocycles. The Bertz CT molecular complexity index is 604. The molecule has 18 heavy (non-hydrogen) atoms. The van der Waals surface area contributed by atoms with Crippen LogP contribution in [0, 0.1) is 0 Å². The Morgan fingerprint density at radius 2 is 2.28 bits per heavy atom. The number of pyridine rings is 1. The summed E-state index contributed by atoms with van der Waals surface area (Å²) in [5.41, 5.74) is 1.87. The van der Waals surface area contributed by atoms with E-state index in [0.717, 1.165) is 30.4 Å². The summed E-state index contributed by atoms with van der Waals surface area (Å²) in [6, 6.07) is 3.75. The molecule has 0 spiro atoms. The summed E-state index contributed by atoms with van der Waals surface area (Å²) in [6.07, 6.45) is 3.83. The molecule has 0 amide bonds. The van der Waals surface area contributed by atoms with Crippen molar-refractivity contribution in [3.8, 4) is 0 Å². The average molecular weight is 264 g/mol. The number of imidazole rings is 1. The second-order valence-electron chi connectivity index (χ2n) is 4.33. The molecule has 0 unspecified atom stereocenters. The third-order valence-corrected chi connectivity index (χ3v) is 3.17. The largest absolute Gasteiger partial charge is 0.351 e. The number of hydrogen-bond acceptors (Lipinski definition) is 4. The number of aromatic nitrogens is 2.